The summed E-state index contributed by atoms with van der Waals surface area (Å²) in [6.07, 6.45) is 0.965. The molecule has 86 valence electrons. The first-order valence-corrected chi connectivity index (χ1v) is 5.44. The van der Waals surface area contributed by atoms with Crippen LogP contribution in [0.15, 0.2) is 0 Å². The van der Waals surface area contributed by atoms with Crippen molar-refractivity contribution in [1.82, 2.24) is 10.2 Å². The third-order valence-corrected chi connectivity index (χ3v) is 3.04. The number of carbonyl (C=O) groups is 1. The lowest BCUT2D eigenvalue weighted by Gasteiger charge is -2.29. The maximum absolute atomic E-state index is 12.0. The Balaban J connectivity index is 1.85. The van der Waals surface area contributed by atoms with Gasteiger partial charge in [0.15, 0.2) is 0 Å². The number of amides is 1. The molecule has 1 N–H and O–H groups in total. The van der Waals surface area contributed by atoms with Crippen molar-refractivity contribution in [2.75, 3.05) is 40.0 Å². The Labute approximate surface area is 89.7 Å². The van der Waals surface area contributed by atoms with Gasteiger partial charge < -0.3 is 19.7 Å². The largest absolute Gasteiger partial charge is 0.380 e. The fraction of sp³-hybridized carbons (Fsp3) is 0.900. The van der Waals surface area contributed by atoms with Crippen molar-refractivity contribution in [3.05, 3.63) is 0 Å². The molecule has 2 fully saturated rings. The van der Waals surface area contributed by atoms with Gasteiger partial charge in [-0.25, -0.2) is 0 Å². The zero-order valence-corrected chi connectivity index (χ0v) is 9.07. The molecule has 0 aromatic rings. The fourth-order valence-corrected chi connectivity index (χ4v) is 2.08. The zero-order chi connectivity index (χ0) is 10.7. The fourth-order valence-electron chi connectivity index (χ4n) is 2.08. The molecule has 0 bridgehead atoms. The van der Waals surface area contributed by atoms with E-state index in [0.717, 1.165) is 13.0 Å². The van der Waals surface area contributed by atoms with E-state index < -0.39 is 0 Å². The monoisotopic (exact) mass is 214 g/mol. The number of nitrogens with one attached hydrogen (secondary N) is 1. The summed E-state index contributed by atoms with van der Waals surface area (Å²) in [5, 5.41) is 3.20. The second kappa shape index (κ2) is 4.92. The predicted octanol–water partition coefficient (Wildman–Crippen LogP) is -0.778. The minimum absolute atomic E-state index is 0.0620. The molecular weight excluding hydrogens is 196 g/mol. The van der Waals surface area contributed by atoms with Gasteiger partial charge in [-0.05, 0) is 6.42 Å². The highest BCUT2D eigenvalue weighted by Gasteiger charge is 2.32. The second-order valence-corrected chi connectivity index (χ2v) is 3.99. The standard InChI is InChI=1S/C10H18N2O3/c1-14-8-6-9(11-7-8)10(13)12-2-4-15-5-3-12/h8-9,11H,2-7H2,1H3. The van der Waals surface area contributed by atoms with E-state index in [1.807, 2.05) is 4.90 Å². The first kappa shape index (κ1) is 10.9. The normalized spacial score (nSPS) is 31.9. The van der Waals surface area contributed by atoms with E-state index in [1.54, 1.807) is 7.11 Å². The summed E-state index contributed by atoms with van der Waals surface area (Å²) >= 11 is 0. The zero-order valence-electron chi connectivity index (χ0n) is 9.07. The molecule has 2 atom stereocenters. The average Bonchev–Trinajstić information content (AvgIpc) is 2.78. The highest BCUT2D eigenvalue weighted by atomic mass is 16.5. The van der Waals surface area contributed by atoms with Gasteiger partial charge in [-0.15, -0.1) is 0 Å². The van der Waals surface area contributed by atoms with Gasteiger partial charge in [0, 0.05) is 26.7 Å². The Bertz CT molecular complexity index is 229. The number of hydrogen-bond donors (Lipinski definition) is 1. The van der Waals surface area contributed by atoms with Crippen LogP contribution in [-0.4, -0.2) is 62.9 Å². The van der Waals surface area contributed by atoms with E-state index >= 15 is 0 Å². The Morgan fingerprint density at radius 2 is 2.20 bits per heavy atom. The van der Waals surface area contributed by atoms with Crippen LogP contribution in [0.3, 0.4) is 0 Å². The molecule has 2 rings (SSSR count). The predicted molar refractivity (Wildman–Crippen MR) is 54.6 cm³/mol. The van der Waals surface area contributed by atoms with E-state index in [4.69, 9.17) is 9.47 Å². The van der Waals surface area contributed by atoms with E-state index in [2.05, 4.69) is 5.32 Å². The molecule has 2 unspecified atom stereocenters. The topological polar surface area (TPSA) is 50.8 Å². The van der Waals surface area contributed by atoms with Crippen LogP contribution in [0.25, 0.3) is 0 Å². The lowest BCUT2D eigenvalue weighted by atomic mass is 10.1. The summed E-state index contributed by atoms with van der Waals surface area (Å²) < 4.78 is 10.4. The van der Waals surface area contributed by atoms with Crippen molar-refractivity contribution in [1.29, 1.82) is 0 Å². The molecule has 0 aromatic heterocycles. The summed E-state index contributed by atoms with van der Waals surface area (Å²) in [5.41, 5.74) is 0. The number of rotatable bonds is 2. The van der Waals surface area contributed by atoms with Crippen LogP contribution < -0.4 is 5.32 Å². The Kier molecular flexibility index (Phi) is 3.56. The molecule has 15 heavy (non-hydrogen) atoms. The minimum atomic E-state index is -0.0620. The molecule has 0 radical (unpaired) electrons. The van der Waals surface area contributed by atoms with Crippen LogP contribution >= 0.6 is 0 Å². The van der Waals surface area contributed by atoms with Crippen molar-refractivity contribution in [3.8, 4) is 0 Å². The van der Waals surface area contributed by atoms with Crippen LogP contribution in [0.1, 0.15) is 6.42 Å². The Morgan fingerprint density at radius 3 is 2.80 bits per heavy atom. The summed E-state index contributed by atoms with van der Waals surface area (Å²) in [6.45, 7) is 3.53. The maximum atomic E-state index is 12.0. The molecule has 0 aromatic carbocycles. The molecule has 2 aliphatic rings. The second-order valence-electron chi connectivity index (χ2n) is 3.99. The molecule has 2 heterocycles. The van der Waals surface area contributed by atoms with Crippen molar-refractivity contribution in [3.63, 3.8) is 0 Å². The third kappa shape index (κ3) is 2.48. The number of morpholine rings is 1. The van der Waals surface area contributed by atoms with Crippen molar-refractivity contribution in [2.24, 2.45) is 0 Å². The van der Waals surface area contributed by atoms with E-state index in [9.17, 15) is 4.79 Å². The summed E-state index contributed by atoms with van der Waals surface area (Å²) in [5.74, 6) is 0.192. The van der Waals surface area contributed by atoms with Gasteiger partial charge >= 0.3 is 0 Å². The Morgan fingerprint density at radius 1 is 1.47 bits per heavy atom. The molecule has 5 heteroatoms. The lowest BCUT2D eigenvalue weighted by molar-refractivity contribution is -0.137. The van der Waals surface area contributed by atoms with Gasteiger partial charge in [0.1, 0.15) is 0 Å². The number of methoxy groups -OCH3 is 1. The van der Waals surface area contributed by atoms with Crippen molar-refractivity contribution >= 4 is 5.91 Å². The number of hydrogen-bond acceptors (Lipinski definition) is 4. The summed E-state index contributed by atoms with van der Waals surface area (Å²) in [7, 11) is 1.69. The van der Waals surface area contributed by atoms with Gasteiger partial charge in [0.2, 0.25) is 5.91 Å². The van der Waals surface area contributed by atoms with E-state index in [-0.39, 0.29) is 18.1 Å². The van der Waals surface area contributed by atoms with Crippen LogP contribution in [0.4, 0.5) is 0 Å². The maximum Gasteiger partial charge on any atom is 0.239 e. The van der Waals surface area contributed by atoms with Crippen molar-refractivity contribution in [2.45, 2.75) is 18.6 Å². The molecule has 1 amide bonds. The third-order valence-electron chi connectivity index (χ3n) is 3.04. The van der Waals surface area contributed by atoms with Gasteiger partial charge in [-0.1, -0.05) is 0 Å². The summed E-state index contributed by atoms with van der Waals surface area (Å²) in [6, 6.07) is -0.0620. The molecule has 5 nitrogen and oxygen atoms in total. The number of ether oxygens (including phenoxy) is 2. The van der Waals surface area contributed by atoms with Gasteiger partial charge in [0.25, 0.3) is 0 Å². The highest BCUT2D eigenvalue weighted by molar-refractivity contribution is 5.82. The van der Waals surface area contributed by atoms with Crippen LogP contribution in [-0.2, 0) is 14.3 Å². The first-order chi connectivity index (χ1) is 7.31. The highest BCUT2D eigenvalue weighted by Crippen LogP contribution is 2.12. The SMILES string of the molecule is COC1CNC(C(=O)N2CCOCC2)C1. The molecule has 2 aliphatic heterocycles. The van der Waals surface area contributed by atoms with Crippen LogP contribution in [0.5, 0.6) is 0 Å². The smallest absolute Gasteiger partial charge is 0.239 e. The van der Waals surface area contributed by atoms with E-state index in [1.165, 1.54) is 0 Å². The molecule has 0 saturated carbocycles. The minimum Gasteiger partial charge on any atom is -0.380 e. The molecule has 0 spiro atoms. The Hall–Kier alpha value is -0.650. The van der Waals surface area contributed by atoms with Gasteiger partial charge in [-0.3, -0.25) is 4.79 Å². The van der Waals surface area contributed by atoms with Crippen molar-refractivity contribution < 1.29 is 14.3 Å². The van der Waals surface area contributed by atoms with Crippen LogP contribution in [0, 0.1) is 0 Å². The van der Waals surface area contributed by atoms with Crippen LogP contribution in [0.2, 0.25) is 0 Å². The average molecular weight is 214 g/mol. The van der Waals surface area contributed by atoms with Gasteiger partial charge in [0.05, 0.1) is 25.4 Å². The van der Waals surface area contributed by atoms with E-state index in [0.29, 0.717) is 26.3 Å². The molecular formula is C10H18N2O3. The summed E-state index contributed by atoms with van der Waals surface area (Å²) in [4.78, 5) is 13.9. The molecule has 0 aliphatic carbocycles. The molecule has 2 saturated heterocycles. The lowest BCUT2D eigenvalue weighted by Crippen LogP contribution is -2.48. The number of nitrogens with zero attached hydrogens (tertiary/aromatic N) is 1. The quantitative estimate of drug-likeness (QED) is 0.655. The first-order valence-electron chi connectivity index (χ1n) is 5.44. The van der Waals surface area contributed by atoms with Gasteiger partial charge in [-0.2, -0.15) is 0 Å². The number of carbonyl (C=O) groups excluding carboxylic acids is 1.